The molecule has 1 saturated carbocycles. The summed E-state index contributed by atoms with van der Waals surface area (Å²) in [6, 6.07) is 15.7. The first-order valence-corrected chi connectivity index (χ1v) is 11.2. The molecule has 0 bridgehead atoms. The SMILES string of the molecule is c1cc(-c2cnc([C@@H]3CCCN3)[nH]2)ccc1-c1ccc2nc(C3CCCC3)[nH]c2c1. The van der Waals surface area contributed by atoms with Gasteiger partial charge in [0.15, 0.2) is 0 Å². The first-order chi connectivity index (χ1) is 14.8. The standard InChI is InChI=1S/C25H27N5/c1-2-5-18(4-1)24-28-20-12-11-19(14-22(20)29-24)16-7-9-17(10-8-16)23-15-27-25(30-23)21-6-3-13-26-21/h7-12,14-15,18,21,26H,1-6,13H2,(H,27,30)(H,28,29)/t21-/m0/s1. The van der Waals surface area contributed by atoms with Crippen LogP contribution in [0.3, 0.4) is 0 Å². The van der Waals surface area contributed by atoms with Crippen LogP contribution in [0.2, 0.25) is 0 Å². The van der Waals surface area contributed by atoms with E-state index in [1.54, 1.807) is 0 Å². The smallest absolute Gasteiger partial charge is 0.123 e. The lowest BCUT2D eigenvalue weighted by atomic mass is 10.0. The van der Waals surface area contributed by atoms with Gasteiger partial charge in [0.05, 0.1) is 29.0 Å². The van der Waals surface area contributed by atoms with Gasteiger partial charge in [0, 0.05) is 5.92 Å². The van der Waals surface area contributed by atoms with Crippen LogP contribution >= 0.6 is 0 Å². The zero-order chi connectivity index (χ0) is 19.9. The van der Waals surface area contributed by atoms with Crippen LogP contribution in [0.1, 0.15) is 62.1 Å². The van der Waals surface area contributed by atoms with E-state index in [9.17, 15) is 0 Å². The average molecular weight is 398 g/mol. The molecule has 152 valence electrons. The number of aromatic amines is 2. The van der Waals surface area contributed by atoms with Crippen LogP contribution < -0.4 is 5.32 Å². The fourth-order valence-corrected chi connectivity index (χ4v) is 5.02. The zero-order valence-corrected chi connectivity index (χ0v) is 17.1. The maximum atomic E-state index is 4.85. The van der Waals surface area contributed by atoms with Gasteiger partial charge in [-0.05, 0) is 61.1 Å². The van der Waals surface area contributed by atoms with E-state index in [-0.39, 0.29) is 0 Å². The number of benzene rings is 2. The molecule has 2 aliphatic rings. The van der Waals surface area contributed by atoms with Crippen LogP contribution in [0.15, 0.2) is 48.7 Å². The van der Waals surface area contributed by atoms with Gasteiger partial charge in [-0.2, -0.15) is 0 Å². The second-order valence-electron chi connectivity index (χ2n) is 8.74. The van der Waals surface area contributed by atoms with Crippen molar-refractivity contribution in [2.45, 2.75) is 50.5 Å². The lowest BCUT2D eigenvalue weighted by molar-refractivity contribution is 0.613. The molecule has 1 atom stereocenters. The first kappa shape index (κ1) is 17.9. The number of rotatable bonds is 4. The Labute approximate surface area is 176 Å². The Morgan fingerprint density at radius 3 is 2.37 bits per heavy atom. The third kappa shape index (κ3) is 3.23. The summed E-state index contributed by atoms with van der Waals surface area (Å²) in [5.74, 6) is 2.83. The van der Waals surface area contributed by atoms with Crippen LogP contribution in [-0.2, 0) is 0 Å². The predicted molar refractivity (Wildman–Crippen MR) is 120 cm³/mol. The maximum absolute atomic E-state index is 4.85. The summed E-state index contributed by atoms with van der Waals surface area (Å²) in [4.78, 5) is 16.5. The zero-order valence-electron chi connectivity index (χ0n) is 17.1. The van der Waals surface area contributed by atoms with E-state index < -0.39 is 0 Å². The van der Waals surface area contributed by atoms with Crippen molar-refractivity contribution in [3.63, 3.8) is 0 Å². The number of hydrogen-bond acceptors (Lipinski definition) is 3. The molecule has 6 rings (SSSR count). The first-order valence-electron chi connectivity index (χ1n) is 11.2. The number of aromatic nitrogens is 4. The Morgan fingerprint density at radius 1 is 0.767 bits per heavy atom. The van der Waals surface area contributed by atoms with Crippen LogP contribution in [0.4, 0.5) is 0 Å². The number of nitrogens with one attached hydrogen (secondary N) is 3. The molecule has 0 radical (unpaired) electrons. The highest BCUT2D eigenvalue weighted by atomic mass is 15.0. The number of H-pyrrole nitrogens is 2. The highest BCUT2D eigenvalue weighted by Gasteiger charge is 2.21. The number of hydrogen-bond donors (Lipinski definition) is 3. The minimum absolute atomic E-state index is 0.369. The van der Waals surface area contributed by atoms with E-state index in [2.05, 4.69) is 62.7 Å². The Balaban J connectivity index is 1.25. The van der Waals surface area contributed by atoms with Crippen molar-refractivity contribution in [3.05, 3.63) is 60.3 Å². The molecule has 2 aromatic carbocycles. The molecule has 0 spiro atoms. The second kappa shape index (κ2) is 7.40. The van der Waals surface area contributed by atoms with E-state index in [0.29, 0.717) is 12.0 Å². The van der Waals surface area contributed by atoms with Crippen molar-refractivity contribution in [2.75, 3.05) is 6.54 Å². The molecule has 2 aromatic heterocycles. The maximum Gasteiger partial charge on any atom is 0.123 e. The molecule has 0 unspecified atom stereocenters. The monoisotopic (exact) mass is 397 g/mol. The lowest BCUT2D eigenvalue weighted by Gasteiger charge is -2.06. The summed E-state index contributed by atoms with van der Waals surface area (Å²) in [5.41, 5.74) is 6.90. The van der Waals surface area contributed by atoms with E-state index in [1.807, 2.05) is 6.20 Å². The summed E-state index contributed by atoms with van der Waals surface area (Å²) in [6.07, 6.45) is 9.51. The van der Waals surface area contributed by atoms with E-state index >= 15 is 0 Å². The molecule has 1 saturated heterocycles. The van der Waals surface area contributed by atoms with Crippen LogP contribution in [0, 0.1) is 0 Å². The molecule has 0 amide bonds. The van der Waals surface area contributed by atoms with Gasteiger partial charge in [-0.1, -0.05) is 43.2 Å². The summed E-state index contributed by atoms with van der Waals surface area (Å²) in [5, 5.41) is 3.50. The van der Waals surface area contributed by atoms with Crippen molar-refractivity contribution >= 4 is 11.0 Å². The molecule has 2 fully saturated rings. The van der Waals surface area contributed by atoms with Gasteiger partial charge in [-0.3, -0.25) is 0 Å². The average Bonchev–Trinajstić information content (AvgIpc) is 3.58. The topological polar surface area (TPSA) is 69.4 Å². The van der Waals surface area contributed by atoms with Gasteiger partial charge < -0.3 is 15.3 Å². The molecule has 3 heterocycles. The van der Waals surface area contributed by atoms with E-state index in [4.69, 9.17) is 4.98 Å². The highest BCUT2D eigenvalue weighted by Crippen LogP contribution is 2.34. The van der Waals surface area contributed by atoms with Crippen molar-refractivity contribution in [3.8, 4) is 22.4 Å². The molecule has 4 aromatic rings. The predicted octanol–water partition coefficient (Wildman–Crippen LogP) is 5.70. The van der Waals surface area contributed by atoms with E-state index in [1.165, 1.54) is 54.6 Å². The number of fused-ring (bicyclic) bond motifs is 1. The van der Waals surface area contributed by atoms with Crippen molar-refractivity contribution in [1.82, 2.24) is 25.3 Å². The van der Waals surface area contributed by atoms with Gasteiger partial charge in [-0.15, -0.1) is 0 Å². The van der Waals surface area contributed by atoms with Crippen LogP contribution in [0.25, 0.3) is 33.4 Å². The fourth-order valence-electron chi connectivity index (χ4n) is 5.02. The molecule has 3 N–H and O–H groups in total. The van der Waals surface area contributed by atoms with Crippen LogP contribution in [0.5, 0.6) is 0 Å². The Hall–Kier alpha value is -2.92. The summed E-state index contributed by atoms with van der Waals surface area (Å²) in [7, 11) is 0. The van der Waals surface area contributed by atoms with Crippen molar-refractivity contribution < 1.29 is 0 Å². The quantitative estimate of drug-likeness (QED) is 0.413. The van der Waals surface area contributed by atoms with Gasteiger partial charge in [-0.25, -0.2) is 9.97 Å². The summed E-state index contributed by atoms with van der Waals surface area (Å²) >= 11 is 0. The van der Waals surface area contributed by atoms with Gasteiger partial charge in [0.1, 0.15) is 11.6 Å². The lowest BCUT2D eigenvalue weighted by Crippen LogP contribution is -2.14. The van der Waals surface area contributed by atoms with Gasteiger partial charge in [0.2, 0.25) is 0 Å². The minimum atomic E-state index is 0.369. The van der Waals surface area contributed by atoms with Crippen LogP contribution in [-0.4, -0.2) is 26.5 Å². The van der Waals surface area contributed by atoms with Crippen molar-refractivity contribution in [2.24, 2.45) is 0 Å². The minimum Gasteiger partial charge on any atom is -0.342 e. The molecule has 5 heteroatoms. The number of imidazole rings is 2. The number of nitrogens with zero attached hydrogens (tertiary/aromatic N) is 2. The fraction of sp³-hybridized carbons (Fsp3) is 0.360. The second-order valence-corrected chi connectivity index (χ2v) is 8.74. The van der Waals surface area contributed by atoms with Gasteiger partial charge in [0.25, 0.3) is 0 Å². The third-order valence-electron chi connectivity index (χ3n) is 6.76. The Morgan fingerprint density at radius 2 is 1.57 bits per heavy atom. The molecule has 5 nitrogen and oxygen atoms in total. The summed E-state index contributed by atoms with van der Waals surface area (Å²) < 4.78 is 0. The molecular weight excluding hydrogens is 370 g/mol. The normalized spacial score (nSPS) is 19.8. The largest absolute Gasteiger partial charge is 0.342 e. The molecule has 30 heavy (non-hydrogen) atoms. The van der Waals surface area contributed by atoms with E-state index in [0.717, 1.165) is 35.5 Å². The third-order valence-corrected chi connectivity index (χ3v) is 6.76. The Kier molecular flexibility index (Phi) is 4.42. The van der Waals surface area contributed by atoms with Crippen molar-refractivity contribution in [1.29, 1.82) is 0 Å². The molecule has 1 aliphatic heterocycles. The summed E-state index contributed by atoms with van der Waals surface area (Å²) in [6.45, 7) is 1.08. The highest BCUT2D eigenvalue weighted by molar-refractivity contribution is 5.82. The molecule has 1 aliphatic carbocycles. The molecular formula is C25H27N5. The van der Waals surface area contributed by atoms with Gasteiger partial charge >= 0.3 is 0 Å². The Bertz CT molecular complexity index is 1160.